The van der Waals surface area contributed by atoms with Gasteiger partial charge in [-0.15, -0.1) is 0 Å². The smallest absolute Gasteiger partial charge is 0.337 e. The molecule has 0 aromatic heterocycles. The van der Waals surface area contributed by atoms with E-state index in [0.717, 1.165) is 10.5 Å². The maximum absolute atomic E-state index is 13.8. The second kappa shape index (κ2) is 10.4. The molecule has 3 aromatic rings. The molecule has 0 saturated carbocycles. The van der Waals surface area contributed by atoms with Crippen LogP contribution in [-0.4, -0.2) is 41.9 Å². The molecule has 0 aliphatic carbocycles. The zero-order valence-electron chi connectivity index (χ0n) is 19.7. The van der Waals surface area contributed by atoms with E-state index in [4.69, 9.17) is 0 Å². The van der Waals surface area contributed by atoms with E-state index in [2.05, 4.69) is 10.1 Å². The number of hydrogen-bond acceptors (Lipinski definition) is 5. The molecule has 4 amide bonds. The third-order valence-electron chi connectivity index (χ3n) is 5.79. The normalized spacial score (nSPS) is 15.2. The van der Waals surface area contributed by atoms with Crippen LogP contribution in [0, 0.1) is 12.7 Å². The van der Waals surface area contributed by atoms with E-state index < -0.39 is 35.7 Å². The predicted molar refractivity (Wildman–Crippen MR) is 131 cm³/mol. The second-order valence-electron chi connectivity index (χ2n) is 8.39. The van der Waals surface area contributed by atoms with E-state index >= 15 is 0 Å². The summed E-state index contributed by atoms with van der Waals surface area (Å²) < 4.78 is 18.4. The van der Waals surface area contributed by atoms with Gasteiger partial charge in [0.05, 0.1) is 24.8 Å². The van der Waals surface area contributed by atoms with Gasteiger partial charge in [-0.1, -0.05) is 24.3 Å². The van der Waals surface area contributed by atoms with Crippen molar-refractivity contribution < 1.29 is 28.3 Å². The SMILES string of the molecule is COC(=O)c1ccc(NC(=O)C[C@H]2C(=O)N(c3cccc(C)c3)C(=O)N2Cc2cccc(F)c2)cc1. The predicted octanol–water partition coefficient (Wildman–Crippen LogP) is 4.29. The summed E-state index contributed by atoms with van der Waals surface area (Å²) in [6, 6.07) is 17.1. The average Bonchev–Trinajstić information content (AvgIpc) is 3.08. The molecule has 0 radical (unpaired) electrons. The van der Waals surface area contributed by atoms with Crippen molar-refractivity contribution in [2.75, 3.05) is 17.3 Å². The molecule has 1 aliphatic rings. The van der Waals surface area contributed by atoms with Crippen molar-refractivity contribution >= 4 is 35.2 Å². The summed E-state index contributed by atoms with van der Waals surface area (Å²) in [4.78, 5) is 53.6. The van der Waals surface area contributed by atoms with Crippen LogP contribution in [0.1, 0.15) is 27.9 Å². The van der Waals surface area contributed by atoms with Gasteiger partial charge in [-0.25, -0.2) is 18.9 Å². The number of urea groups is 1. The Hall–Kier alpha value is -4.53. The molecule has 36 heavy (non-hydrogen) atoms. The van der Waals surface area contributed by atoms with Gasteiger partial charge < -0.3 is 15.0 Å². The molecular weight excluding hydrogens is 465 g/mol. The molecule has 0 bridgehead atoms. The number of rotatable bonds is 7. The number of ether oxygens (including phenoxy) is 1. The lowest BCUT2D eigenvalue weighted by Gasteiger charge is -2.21. The quantitative estimate of drug-likeness (QED) is 0.395. The van der Waals surface area contributed by atoms with Crippen LogP contribution in [0.25, 0.3) is 0 Å². The van der Waals surface area contributed by atoms with Crippen molar-refractivity contribution in [2.24, 2.45) is 0 Å². The standard InChI is InChI=1S/C27H24FN3O5/c1-17-5-3-8-22(13-17)31-25(33)23(30(27(31)35)16-18-6-4-7-20(28)14-18)15-24(32)29-21-11-9-19(10-12-21)26(34)36-2/h3-14,23H,15-16H2,1-2H3,(H,29,32)/t23-/m0/s1. The number of halogens is 1. The number of carbonyl (C=O) groups is 4. The Bertz CT molecular complexity index is 1320. The van der Waals surface area contributed by atoms with Crippen LogP contribution in [0.4, 0.5) is 20.6 Å². The minimum atomic E-state index is -1.09. The molecule has 1 heterocycles. The fourth-order valence-electron chi connectivity index (χ4n) is 4.05. The summed E-state index contributed by atoms with van der Waals surface area (Å²) in [6.45, 7) is 1.80. The van der Waals surface area contributed by atoms with E-state index in [1.165, 1.54) is 54.5 Å². The summed E-state index contributed by atoms with van der Waals surface area (Å²) in [7, 11) is 1.27. The van der Waals surface area contributed by atoms with Gasteiger partial charge in [-0.05, 0) is 66.6 Å². The first-order valence-corrected chi connectivity index (χ1v) is 11.2. The first kappa shape index (κ1) is 24.6. The largest absolute Gasteiger partial charge is 0.465 e. The first-order chi connectivity index (χ1) is 17.3. The molecule has 8 nitrogen and oxygen atoms in total. The number of anilines is 2. The number of imide groups is 1. The Balaban J connectivity index is 1.57. The molecule has 1 atom stereocenters. The maximum atomic E-state index is 13.8. The number of nitrogens with one attached hydrogen (secondary N) is 1. The van der Waals surface area contributed by atoms with Crippen LogP contribution in [0.2, 0.25) is 0 Å². The summed E-state index contributed by atoms with van der Waals surface area (Å²) in [6.07, 6.45) is -0.305. The van der Waals surface area contributed by atoms with Crippen molar-refractivity contribution in [2.45, 2.75) is 25.9 Å². The first-order valence-electron chi connectivity index (χ1n) is 11.2. The van der Waals surface area contributed by atoms with Gasteiger partial charge in [-0.3, -0.25) is 9.59 Å². The van der Waals surface area contributed by atoms with E-state index in [9.17, 15) is 23.6 Å². The van der Waals surface area contributed by atoms with Gasteiger partial charge in [0.15, 0.2) is 0 Å². The monoisotopic (exact) mass is 489 g/mol. The highest BCUT2D eigenvalue weighted by molar-refractivity contribution is 6.22. The Morgan fingerprint density at radius 2 is 1.72 bits per heavy atom. The molecule has 1 saturated heterocycles. The highest BCUT2D eigenvalue weighted by Gasteiger charge is 2.46. The van der Waals surface area contributed by atoms with Crippen LogP contribution in [0.15, 0.2) is 72.8 Å². The number of hydrogen-bond donors (Lipinski definition) is 1. The van der Waals surface area contributed by atoms with Crippen LogP contribution in [0.5, 0.6) is 0 Å². The average molecular weight is 490 g/mol. The summed E-state index contributed by atoms with van der Waals surface area (Å²) >= 11 is 0. The number of carbonyl (C=O) groups excluding carboxylic acids is 4. The maximum Gasteiger partial charge on any atom is 0.337 e. The third-order valence-corrected chi connectivity index (χ3v) is 5.79. The number of amides is 4. The minimum absolute atomic E-state index is 0.0452. The lowest BCUT2D eigenvalue weighted by atomic mass is 10.1. The number of aryl methyl sites for hydroxylation is 1. The molecule has 3 aromatic carbocycles. The molecule has 184 valence electrons. The number of benzene rings is 3. The lowest BCUT2D eigenvalue weighted by molar-refractivity contribution is -0.124. The molecule has 1 aliphatic heterocycles. The van der Waals surface area contributed by atoms with Crippen molar-refractivity contribution in [1.82, 2.24) is 4.90 Å². The van der Waals surface area contributed by atoms with Crippen molar-refractivity contribution in [3.05, 3.63) is 95.3 Å². The van der Waals surface area contributed by atoms with Gasteiger partial charge in [0.25, 0.3) is 5.91 Å². The number of methoxy groups -OCH3 is 1. The van der Waals surface area contributed by atoms with Crippen molar-refractivity contribution in [1.29, 1.82) is 0 Å². The molecule has 0 unspecified atom stereocenters. The Kier molecular flexibility index (Phi) is 7.10. The second-order valence-corrected chi connectivity index (χ2v) is 8.39. The van der Waals surface area contributed by atoms with E-state index in [-0.39, 0.29) is 13.0 Å². The van der Waals surface area contributed by atoms with E-state index in [1.807, 2.05) is 13.0 Å². The summed E-state index contributed by atoms with van der Waals surface area (Å²) in [5.74, 6) is -2.02. The van der Waals surface area contributed by atoms with Crippen LogP contribution in [0.3, 0.4) is 0 Å². The fraction of sp³-hybridized carbons (Fsp3) is 0.185. The molecular formula is C27H24FN3O5. The number of esters is 1. The topological polar surface area (TPSA) is 96.0 Å². The minimum Gasteiger partial charge on any atom is -0.465 e. The van der Waals surface area contributed by atoms with Gasteiger partial charge in [0, 0.05) is 12.2 Å². The highest BCUT2D eigenvalue weighted by Crippen LogP contribution is 2.29. The molecule has 0 spiro atoms. The Morgan fingerprint density at radius 3 is 2.39 bits per heavy atom. The van der Waals surface area contributed by atoms with Crippen LogP contribution in [-0.2, 0) is 20.9 Å². The third kappa shape index (κ3) is 5.25. The molecule has 1 fully saturated rings. The van der Waals surface area contributed by atoms with Crippen LogP contribution >= 0.6 is 0 Å². The van der Waals surface area contributed by atoms with Crippen LogP contribution < -0.4 is 10.2 Å². The Morgan fingerprint density at radius 1 is 1.00 bits per heavy atom. The Labute approximate surface area is 207 Å². The van der Waals surface area contributed by atoms with Gasteiger partial charge in [0.2, 0.25) is 5.91 Å². The molecule has 4 rings (SSSR count). The summed E-state index contributed by atoms with van der Waals surface area (Å²) in [5, 5.41) is 2.69. The zero-order chi connectivity index (χ0) is 25.8. The van der Waals surface area contributed by atoms with E-state index in [0.29, 0.717) is 22.5 Å². The fourth-order valence-corrected chi connectivity index (χ4v) is 4.05. The van der Waals surface area contributed by atoms with Gasteiger partial charge in [0.1, 0.15) is 11.9 Å². The summed E-state index contributed by atoms with van der Waals surface area (Å²) in [5.41, 5.74) is 2.49. The molecule has 1 N–H and O–H groups in total. The zero-order valence-corrected chi connectivity index (χ0v) is 19.7. The lowest BCUT2D eigenvalue weighted by Crippen LogP contribution is -2.37. The van der Waals surface area contributed by atoms with Gasteiger partial charge in [-0.2, -0.15) is 0 Å². The molecule has 9 heteroatoms. The van der Waals surface area contributed by atoms with Crippen molar-refractivity contribution in [3.8, 4) is 0 Å². The highest BCUT2D eigenvalue weighted by atomic mass is 19.1. The number of nitrogens with zero attached hydrogens (tertiary/aromatic N) is 2. The van der Waals surface area contributed by atoms with Gasteiger partial charge >= 0.3 is 12.0 Å². The van der Waals surface area contributed by atoms with E-state index in [1.54, 1.807) is 24.3 Å². The van der Waals surface area contributed by atoms with Crippen molar-refractivity contribution in [3.63, 3.8) is 0 Å².